The highest BCUT2D eigenvalue weighted by Gasteiger charge is 2.31. The fraction of sp³-hybridized carbons (Fsp3) is 0.531. The van der Waals surface area contributed by atoms with Gasteiger partial charge in [-0.2, -0.15) is 0 Å². The third kappa shape index (κ3) is 8.41. The van der Waals surface area contributed by atoms with Gasteiger partial charge in [-0.25, -0.2) is 22.7 Å². The van der Waals surface area contributed by atoms with Gasteiger partial charge in [0.25, 0.3) is 0 Å². The predicted octanol–water partition coefficient (Wildman–Crippen LogP) is 8.07. The minimum atomic E-state index is -2.45. The van der Waals surface area contributed by atoms with E-state index in [0.717, 1.165) is 35.1 Å². The Labute approximate surface area is 242 Å². The van der Waals surface area contributed by atoms with Gasteiger partial charge in [-0.15, -0.1) is 5.10 Å². The Balaban J connectivity index is 0.00000111. The second-order valence-corrected chi connectivity index (χ2v) is 11.1. The molecule has 2 unspecified atom stereocenters. The second-order valence-electron chi connectivity index (χ2n) is 11.1. The summed E-state index contributed by atoms with van der Waals surface area (Å²) in [5.74, 6) is 0.263. The number of fused-ring (bicyclic) bond motifs is 2. The van der Waals surface area contributed by atoms with Crippen molar-refractivity contribution in [1.82, 2.24) is 24.5 Å². The van der Waals surface area contributed by atoms with Crippen molar-refractivity contribution in [2.24, 2.45) is 5.41 Å². The summed E-state index contributed by atoms with van der Waals surface area (Å²) in [6.07, 6.45) is 0.424. The molecular weight excluding hydrogens is 525 g/mol. The van der Waals surface area contributed by atoms with Crippen LogP contribution in [0.4, 0.5) is 19.1 Å². The highest BCUT2D eigenvalue weighted by atomic mass is 19.3. The number of nitrogens with one attached hydrogen (secondary N) is 1. The van der Waals surface area contributed by atoms with Crippen LogP contribution >= 0.6 is 0 Å². The quantitative estimate of drug-likeness (QED) is 0.244. The van der Waals surface area contributed by atoms with E-state index in [4.69, 9.17) is 0 Å². The van der Waals surface area contributed by atoms with Crippen molar-refractivity contribution in [3.8, 4) is 11.1 Å². The molecule has 3 aromatic heterocycles. The van der Waals surface area contributed by atoms with Crippen LogP contribution in [0.2, 0.25) is 0 Å². The molecule has 1 N–H and O–H groups in total. The molecule has 0 aliphatic carbocycles. The number of pyridine rings is 1. The van der Waals surface area contributed by atoms with Gasteiger partial charge in [-0.1, -0.05) is 60.6 Å². The van der Waals surface area contributed by atoms with Gasteiger partial charge in [0.2, 0.25) is 12.4 Å². The summed E-state index contributed by atoms with van der Waals surface area (Å²) in [7, 11) is 0. The van der Waals surface area contributed by atoms with E-state index < -0.39 is 18.6 Å². The van der Waals surface area contributed by atoms with Crippen LogP contribution in [0.15, 0.2) is 48.8 Å². The average molecular weight is 571 g/mol. The maximum Gasteiger partial charge on any atom is 0.241 e. The van der Waals surface area contributed by atoms with Gasteiger partial charge >= 0.3 is 0 Å². The molecule has 0 bridgehead atoms. The van der Waals surface area contributed by atoms with Gasteiger partial charge in [0, 0.05) is 49.4 Å². The molecule has 224 valence electrons. The first kappa shape index (κ1) is 32.3. The van der Waals surface area contributed by atoms with E-state index in [1.807, 2.05) is 64.1 Å². The molecular formula is C32H45F3N6. The number of alkyl halides is 3. The first-order valence-electron chi connectivity index (χ1n) is 14.8. The fourth-order valence-corrected chi connectivity index (χ4v) is 5.17. The zero-order valence-corrected chi connectivity index (χ0v) is 25.5. The third-order valence-electron chi connectivity index (χ3n) is 6.73. The van der Waals surface area contributed by atoms with Crippen molar-refractivity contribution in [3.05, 3.63) is 54.5 Å². The van der Waals surface area contributed by atoms with Gasteiger partial charge in [0.1, 0.15) is 6.17 Å². The molecule has 1 aliphatic rings. The summed E-state index contributed by atoms with van der Waals surface area (Å²) in [6, 6.07) is 11.3. The topological polar surface area (TPSA) is 58.3 Å². The molecule has 2 atom stereocenters. The number of hydrogen-bond acceptors (Lipinski definition) is 5. The van der Waals surface area contributed by atoms with E-state index in [0.29, 0.717) is 24.2 Å². The van der Waals surface area contributed by atoms with E-state index >= 15 is 4.39 Å². The number of likely N-dealkylation sites (tertiary alicyclic amines) is 1. The highest BCUT2D eigenvalue weighted by Crippen LogP contribution is 2.31. The molecule has 5 rings (SSSR count). The normalized spacial score (nSPS) is 17.6. The van der Waals surface area contributed by atoms with Gasteiger partial charge in [0.15, 0.2) is 0 Å². The predicted molar refractivity (Wildman–Crippen MR) is 164 cm³/mol. The second kappa shape index (κ2) is 14.6. The Kier molecular flexibility index (Phi) is 11.5. The Hall–Kier alpha value is -3.20. The number of nitrogens with zero attached hydrogens (tertiary/aromatic N) is 5. The van der Waals surface area contributed by atoms with Crippen molar-refractivity contribution in [1.29, 1.82) is 0 Å². The van der Waals surface area contributed by atoms with E-state index in [2.05, 4.69) is 46.1 Å². The van der Waals surface area contributed by atoms with Crippen molar-refractivity contribution in [3.63, 3.8) is 0 Å². The van der Waals surface area contributed by atoms with Crippen LogP contribution < -0.4 is 5.32 Å². The summed E-state index contributed by atoms with van der Waals surface area (Å²) in [6.45, 7) is 16.4. The lowest BCUT2D eigenvalue weighted by atomic mass is 9.94. The minimum absolute atomic E-state index is 0.0909. The Morgan fingerprint density at radius 1 is 1.07 bits per heavy atom. The van der Waals surface area contributed by atoms with Gasteiger partial charge < -0.3 is 5.32 Å². The van der Waals surface area contributed by atoms with Crippen LogP contribution in [0.25, 0.3) is 27.5 Å². The van der Waals surface area contributed by atoms with Crippen molar-refractivity contribution in [2.75, 3.05) is 25.0 Å². The highest BCUT2D eigenvalue weighted by molar-refractivity contribution is 5.89. The Morgan fingerprint density at radius 2 is 1.83 bits per heavy atom. The molecule has 1 fully saturated rings. The third-order valence-corrected chi connectivity index (χ3v) is 6.73. The fourth-order valence-electron chi connectivity index (χ4n) is 5.17. The minimum Gasteiger partial charge on any atom is -0.347 e. The molecule has 0 saturated carbocycles. The van der Waals surface area contributed by atoms with Crippen LogP contribution in [0.5, 0.6) is 0 Å². The molecule has 1 aromatic carbocycles. The van der Waals surface area contributed by atoms with Gasteiger partial charge in [-0.3, -0.25) is 9.88 Å². The number of aryl methyl sites for hydroxylation is 1. The number of hydrogen-bond donors (Lipinski definition) is 1. The molecule has 1 saturated heterocycles. The maximum absolute atomic E-state index is 15.1. The van der Waals surface area contributed by atoms with Gasteiger partial charge in [-0.05, 0) is 48.1 Å². The standard InChI is InChI=1S/C28H33F3N6.2C2H6/c1-28(2,3)17-36-13-11-23(21(29)16-36)33-27-34-24(8-9-25(30)31)26-20(10-14-37(26)35-27)18-6-7-22-19(15-18)5-4-12-32-22;2*1-2/h4-7,10,12,14-15,21,23,25H,8-9,11,13,16-17H2,1-3H3,(H,33,35);2*1-2H3. The summed E-state index contributed by atoms with van der Waals surface area (Å²) >= 11 is 0. The van der Waals surface area contributed by atoms with Gasteiger partial charge in [0.05, 0.1) is 22.8 Å². The lowest BCUT2D eigenvalue weighted by Crippen LogP contribution is -2.50. The van der Waals surface area contributed by atoms with Crippen molar-refractivity contribution in [2.45, 2.75) is 86.4 Å². The smallest absolute Gasteiger partial charge is 0.241 e. The number of anilines is 1. The molecule has 1 aliphatic heterocycles. The van der Waals surface area contributed by atoms with E-state index in [9.17, 15) is 8.78 Å². The van der Waals surface area contributed by atoms with Crippen LogP contribution in [-0.4, -0.2) is 62.8 Å². The molecule has 41 heavy (non-hydrogen) atoms. The van der Waals surface area contributed by atoms with Crippen LogP contribution in [-0.2, 0) is 6.42 Å². The summed E-state index contributed by atoms with van der Waals surface area (Å²) in [4.78, 5) is 11.2. The molecule has 0 spiro atoms. The van der Waals surface area contributed by atoms with Crippen molar-refractivity contribution < 1.29 is 13.2 Å². The number of aromatic nitrogens is 4. The molecule has 6 nitrogen and oxygen atoms in total. The Bertz CT molecular complexity index is 1380. The largest absolute Gasteiger partial charge is 0.347 e. The maximum atomic E-state index is 15.1. The number of rotatable bonds is 7. The van der Waals surface area contributed by atoms with E-state index in [1.54, 1.807) is 16.9 Å². The molecule has 4 aromatic rings. The monoisotopic (exact) mass is 570 g/mol. The van der Waals surface area contributed by atoms with E-state index in [-0.39, 0.29) is 24.2 Å². The van der Waals surface area contributed by atoms with Crippen LogP contribution in [0, 0.1) is 5.41 Å². The first-order valence-corrected chi connectivity index (χ1v) is 14.8. The molecule has 4 heterocycles. The summed E-state index contributed by atoms with van der Waals surface area (Å²) < 4.78 is 43.2. The lowest BCUT2D eigenvalue weighted by molar-refractivity contribution is 0.0961. The number of halogens is 3. The van der Waals surface area contributed by atoms with E-state index in [1.165, 1.54) is 0 Å². The van der Waals surface area contributed by atoms with Crippen LogP contribution in [0.3, 0.4) is 0 Å². The van der Waals surface area contributed by atoms with Crippen LogP contribution in [0.1, 0.15) is 67.0 Å². The molecule has 0 radical (unpaired) electrons. The summed E-state index contributed by atoms with van der Waals surface area (Å²) in [5.41, 5.74) is 3.98. The average Bonchev–Trinajstić information content (AvgIpc) is 3.38. The zero-order chi connectivity index (χ0) is 30.2. The SMILES string of the molecule is CC.CC.CC(C)(C)CN1CCC(Nc2nc(CCC(F)F)c3c(-c4ccc5ncccc5c4)ccn3n2)C(F)C1. The number of benzene rings is 1. The first-order chi connectivity index (χ1) is 19.7. The molecule has 9 heteroatoms. The zero-order valence-electron chi connectivity index (χ0n) is 25.5. The van der Waals surface area contributed by atoms with Crippen molar-refractivity contribution >= 4 is 22.4 Å². The lowest BCUT2D eigenvalue weighted by Gasteiger charge is -2.38. The summed E-state index contributed by atoms with van der Waals surface area (Å²) in [5, 5.41) is 8.75. The molecule has 0 amide bonds. The Morgan fingerprint density at radius 3 is 2.51 bits per heavy atom. The number of piperidine rings is 1.